The van der Waals surface area contributed by atoms with Crippen LogP contribution in [-0.2, 0) is 9.53 Å². The van der Waals surface area contributed by atoms with Gasteiger partial charge in [-0.2, -0.15) is 0 Å². The molecule has 0 spiro atoms. The van der Waals surface area contributed by atoms with Crippen LogP contribution in [-0.4, -0.2) is 28.8 Å². The summed E-state index contributed by atoms with van der Waals surface area (Å²) in [6.45, 7) is 1.34. The molecule has 0 aliphatic heterocycles. The molecule has 2 rings (SSSR count). The van der Waals surface area contributed by atoms with Crippen LogP contribution in [0.4, 0.5) is 0 Å². The number of carbonyl (C=O) groups is 2. The van der Waals surface area contributed by atoms with E-state index in [1.807, 2.05) is 0 Å². The Morgan fingerprint density at radius 2 is 2.08 bits per heavy atom. The molecule has 0 saturated heterocycles. The molecule has 0 atom stereocenters. The molecule has 7 nitrogen and oxygen atoms in total. The summed E-state index contributed by atoms with van der Waals surface area (Å²) in [5.41, 5.74) is -0.377. The fraction of sp³-hybridized carbons (Fsp3) is 0.125. The Balaban J connectivity index is 2.49. The zero-order valence-electron chi connectivity index (χ0n) is 12.8. The average molecular weight is 349 g/mol. The van der Waals surface area contributed by atoms with Gasteiger partial charge in [0.15, 0.2) is 5.78 Å². The zero-order chi connectivity index (χ0) is 17.7. The van der Waals surface area contributed by atoms with E-state index in [2.05, 4.69) is 14.7 Å². The molecule has 1 heterocycles. The number of carbonyl (C=O) groups excluding carboxylic acids is 2. The van der Waals surface area contributed by atoms with E-state index in [0.29, 0.717) is 5.02 Å². The Morgan fingerprint density at radius 3 is 2.75 bits per heavy atom. The lowest BCUT2D eigenvalue weighted by Gasteiger charge is -2.10. The highest BCUT2D eigenvalue weighted by atomic mass is 35.5. The smallest absolute Gasteiger partial charge is 0.341 e. The molecular weight excluding hydrogens is 336 g/mol. The molecule has 1 aromatic heterocycles. The topological polar surface area (TPSA) is 98.3 Å². The number of benzene rings is 1. The summed E-state index contributed by atoms with van der Waals surface area (Å²) in [6.07, 6.45) is 3.65. The van der Waals surface area contributed by atoms with Crippen molar-refractivity contribution in [2.75, 3.05) is 7.11 Å². The molecule has 0 amide bonds. The molecule has 0 unspecified atom stereocenters. The van der Waals surface area contributed by atoms with Crippen molar-refractivity contribution in [3.05, 3.63) is 57.1 Å². The maximum absolute atomic E-state index is 11.9. The zero-order valence-corrected chi connectivity index (χ0v) is 13.6. The summed E-state index contributed by atoms with van der Waals surface area (Å²) in [4.78, 5) is 41.2. The van der Waals surface area contributed by atoms with Gasteiger partial charge in [-0.05, 0) is 37.3 Å². The number of halogens is 1. The number of nitrogens with zero attached hydrogens (tertiary/aromatic N) is 1. The SMILES string of the molecule is COC(=O)c1cc(Cl)ccc1Oc1nc[nH]c(=O)c1/C=C/C(C)=O. The molecule has 0 saturated carbocycles. The maximum Gasteiger partial charge on any atom is 0.341 e. The van der Waals surface area contributed by atoms with E-state index in [1.54, 1.807) is 0 Å². The van der Waals surface area contributed by atoms with Gasteiger partial charge in [0.1, 0.15) is 16.9 Å². The summed E-state index contributed by atoms with van der Waals surface area (Å²) in [6, 6.07) is 4.35. The first-order chi connectivity index (χ1) is 11.4. The number of methoxy groups -OCH3 is 1. The number of aromatic amines is 1. The van der Waals surface area contributed by atoms with Gasteiger partial charge in [0, 0.05) is 5.02 Å². The standard InChI is InChI=1S/C16H13ClN2O5/c1-9(20)3-5-11-14(21)18-8-19-15(11)24-13-6-4-10(17)7-12(13)16(22)23-2/h3-8H,1-2H3,(H,18,19,21)/b5-3+. The quantitative estimate of drug-likeness (QED) is 0.658. The number of rotatable bonds is 5. The summed E-state index contributed by atoms with van der Waals surface area (Å²) < 4.78 is 10.3. The van der Waals surface area contributed by atoms with Gasteiger partial charge < -0.3 is 14.5 Å². The predicted molar refractivity (Wildman–Crippen MR) is 87.4 cm³/mol. The van der Waals surface area contributed by atoms with Crippen molar-refractivity contribution in [2.24, 2.45) is 0 Å². The van der Waals surface area contributed by atoms with E-state index in [1.165, 1.54) is 44.4 Å². The molecule has 0 aliphatic carbocycles. The lowest BCUT2D eigenvalue weighted by molar-refractivity contribution is -0.112. The average Bonchev–Trinajstić information content (AvgIpc) is 2.55. The van der Waals surface area contributed by atoms with E-state index in [0.717, 1.165) is 6.33 Å². The molecule has 0 fully saturated rings. The van der Waals surface area contributed by atoms with Crippen LogP contribution in [0.5, 0.6) is 11.6 Å². The van der Waals surface area contributed by atoms with Gasteiger partial charge in [-0.3, -0.25) is 9.59 Å². The largest absolute Gasteiger partial charge is 0.465 e. The summed E-state index contributed by atoms with van der Waals surface area (Å²) >= 11 is 5.88. The van der Waals surface area contributed by atoms with Crippen molar-refractivity contribution in [3.63, 3.8) is 0 Å². The number of ketones is 1. The second-order valence-corrected chi connectivity index (χ2v) is 5.07. The van der Waals surface area contributed by atoms with Gasteiger partial charge >= 0.3 is 5.97 Å². The van der Waals surface area contributed by atoms with Gasteiger partial charge in [0.05, 0.1) is 13.4 Å². The summed E-state index contributed by atoms with van der Waals surface area (Å²) in [7, 11) is 1.22. The first-order valence-corrected chi connectivity index (χ1v) is 7.12. The molecule has 8 heteroatoms. The normalized spacial score (nSPS) is 10.6. The Labute approximate surface area is 141 Å². The number of ether oxygens (including phenoxy) is 2. The van der Waals surface area contributed by atoms with Crippen LogP contribution < -0.4 is 10.3 Å². The van der Waals surface area contributed by atoms with Crippen molar-refractivity contribution < 1.29 is 19.1 Å². The first-order valence-electron chi connectivity index (χ1n) is 6.74. The molecule has 1 N–H and O–H groups in total. The third-order valence-electron chi connectivity index (χ3n) is 2.89. The third-order valence-corrected chi connectivity index (χ3v) is 3.13. The van der Waals surface area contributed by atoms with Gasteiger partial charge in [-0.1, -0.05) is 11.6 Å². The Bertz CT molecular complexity index is 873. The lowest BCUT2D eigenvalue weighted by atomic mass is 10.2. The number of esters is 1. The molecule has 0 bridgehead atoms. The molecule has 24 heavy (non-hydrogen) atoms. The number of H-pyrrole nitrogens is 1. The highest BCUT2D eigenvalue weighted by molar-refractivity contribution is 6.31. The monoisotopic (exact) mass is 348 g/mol. The number of hydrogen-bond donors (Lipinski definition) is 1. The first kappa shape index (κ1) is 17.4. The second-order valence-electron chi connectivity index (χ2n) is 4.63. The van der Waals surface area contributed by atoms with E-state index in [9.17, 15) is 14.4 Å². The summed E-state index contributed by atoms with van der Waals surface area (Å²) in [5.74, 6) is -0.852. The minimum absolute atomic E-state index is 0.0402. The van der Waals surface area contributed by atoms with Crippen LogP contribution in [0.3, 0.4) is 0 Å². The van der Waals surface area contributed by atoms with Crippen molar-refractivity contribution in [1.82, 2.24) is 9.97 Å². The van der Waals surface area contributed by atoms with E-state index in [-0.39, 0.29) is 28.5 Å². The van der Waals surface area contributed by atoms with Crippen LogP contribution in [0.15, 0.2) is 35.4 Å². The lowest BCUT2D eigenvalue weighted by Crippen LogP contribution is -2.12. The minimum Gasteiger partial charge on any atom is -0.465 e. The summed E-state index contributed by atoms with van der Waals surface area (Å²) in [5, 5.41) is 0.318. The van der Waals surface area contributed by atoms with E-state index >= 15 is 0 Å². The Kier molecular flexibility index (Phi) is 5.49. The fourth-order valence-electron chi connectivity index (χ4n) is 1.79. The highest BCUT2D eigenvalue weighted by Crippen LogP contribution is 2.28. The minimum atomic E-state index is -0.654. The predicted octanol–water partition coefficient (Wildman–Crippen LogP) is 2.60. The fourth-order valence-corrected chi connectivity index (χ4v) is 1.96. The van der Waals surface area contributed by atoms with Crippen molar-refractivity contribution >= 4 is 29.4 Å². The molecule has 1 aromatic carbocycles. The van der Waals surface area contributed by atoms with Gasteiger partial charge in [-0.25, -0.2) is 9.78 Å². The van der Waals surface area contributed by atoms with Gasteiger partial charge in [0.25, 0.3) is 5.56 Å². The molecular formula is C16H13ClN2O5. The number of aromatic nitrogens is 2. The van der Waals surface area contributed by atoms with Crippen LogP contribution in [0.25, 0.3) is 6.08 Å². The molecule has 124 valence electrons. The van der Waals surface area contributed by atoms with Crippen LogP contribution in [0.2, 0.25) is 5.02 Å². The van der Waals surface area contributed by atoms with Crippen molar-refractivity contribution in [1.29, 1.82) is 0 Å². The molecule has 0 radical (unpaired) electrons. The Hall–Kier alpha value is -2.93. The number of allylic oxidation sites excluding steroid dienone is 1. The van der Waals surface area contributed by atoms with Gasteiger partial charge in [0.2, 0.25) is 5.88 Å². The van der Waals surface area contributed by atoms with Gasteiger partial charge in [-0.15, -0.1) is 0 Å². The van der Waals surface area contributed by atoms with E-state index in [4.69, 9.17) is 16.3 Å². The number of nitrogens with one attached hydrogen (secondary N) is 1. The Morgan fingerprint density at radius 1 is 1.33 bits per heavy atom. The second kappa shape index (κ2) is 7.56. The number of hydrogen-bond acceptors (Lipinski definition) is 6. The van der Waals surface area contributed by atoms with Crippen LogP contribution >= 0.6 is 11.6 Å². The van der Waals surface area contributed by atoms with Crippen LogP contribution in [0, 0.1) is 0 Å². The van der Waals surface area contributed by atoms with Crippen molar-refractivity contribution in [2.45, 2.75) is 6.92 Å². The third kappa shape index (κ3) is 4.08. The maximum atomic E-state index is 11.9. The van der Waals surface area contributed by atoms with Crippen molar-refractivity contribution in [3.8, 4) is 11.6 Å². The molecule has 0 aliphatic rings. The highest BCUT2D eigenvalue weighted by Gasteiger charge is 2.17. The van der Waals surface area contributed by atoms with Crippen LogP contribution in [0.1, 0.15) is 22.8 Å². The van der Waals surface area contributed by atoms with E-state index < -0.39 is 11.5 Å². The molecule has 2 aromatic rings.